The van der Waals surface area contributed by atoms with Crippen LogP contribution in [0.4, 0.5) is 23.2 Å². The number of ether oxygens (including phenoxy) is 1. The molecular formula is C10H10F4N2O2. The van der Waals surface area contributed by atoms with Gasteiger partial charge in [0.05, 0.1) is 18.5 Å². The molecule has 18 heavy (non-hydrogen) atoms. The predicted octanol–water partition coefficient (Wildman–Crippen LogP) is 2.32. The van der Waals surface area contributed by atoms with E-state index in [1.165, 1.54) is 12.1 Å². The largest absolute Gasteiger partial charge is 0.478 e. The van der Waals surface area contributed by atoms with Crippen LogP contribution in [0.15, 0.2) is 18.3 Å². The van der Waals surface area contributed by atoms with Gasteiger partial charge in [-0.25, -0.2) is 13.8 Å². The van der Waals surface area contributed by atoms with Crippen LogP contribution in [0.2, 0.25) is 0 Å². The minimum Gasteiger partial charge on any atom is -0.478 e. The number of anilines is 1. The van der Waals surface area contributed by atoms with E-state index in [0.717, 1.165) is 6.20 Å². The zero-order valence-corrected chi connectivity index (χ0v) is 9.29. The average molecular weight is 266 g/mol. The lowest BCUT2D eigenvalue weighted by Gasteiger charge is -2.14. The summed E-state index contributed by atoms with van der Waals surface area (Å²) in [6.07, 6.45) is -3.03. The summed E-state index contributed by atoms with van der Waals surface area (Å²) in [5.41, 5.74) is -0.122. The highest BCUT2D eigenvalue weighted by atomic mass is 19.3. The van der Waals surface area contributed by atoms with Gasteiger partial charge in [-0.3, -0.25) is 4.79 Å². The molecule has 0 saturated heterocycles. The maximum Gasteiger partial charge on any atom is 0.383 e. The summed E-state index contributed by atoms with van der Waals surface area (Å²) in [7, 11) is 0. The minimum absolute atomic E-state index is 0.122. The van der Waals surface area contributed by atoms with Gasteiger partial charge in [0.15, 0.2) is 0 Å². The van der Waals surface area contributed by atoms with Crippen molar-refractivity contribution in [3.05, 3.63) is 18.3 Å². The highest BCUT2D eigenvalue weighted by Gasteiger charge is 2.48. The molecule has 1 N–H and O–H groups in total. The van der Waals surface area contributed by atoms with Crippen LogP contribution in [0.1, 0.15) is 6.92 Å². The Bertz CT molecular complexity index is 409. The molecule has 0 aliphatic heterocycles. The molecule has 1 aromatic heterocycles. The Morgan fingerprint density at radius 3 is 2.61 bits per heavy atom. The number of aromatic nitrogens is 1. The van der Waals surface area contributed by atoms with E-state index in [4.69, 9.17) is 4.74 Å². The van der Waals surface area contributed by atoms with E-state index >= 15 is 0 Å². The summed E-state index contributed by atoms with van der Waals surface area (Å²) in [4.78, 5) is 14.6. The van der Waals surface area contributed by atoms with Gasteiger partial charge in [-0.15, -0.1) is 0 Å². The molecule has 1 amide bonds. The molecule has 100 valence electrons. The molecule has 0 aromatic carbocycles. The first-order valence-electron chi connectivity index (χ1n) is 4.94. The Hall–Kier alpha value is -1.86. The number of carbonyl (C=O) groups is 1. The second-order valence-corrected chi connectivity index (χ2v) is 3.20. The zero-order chi connectivity index (χ0) is 13.8. The number of hydrogen-bond donors (Lipinski definition) is 1. The highest BCUT2D eigenvalue weighted by molar-refractivity contribution is 5.96. The van der Waals surface area contributed by atoms with E-state index in [1.54, 1.807) is 12.2 Å². The van der Waals surface area contributed by atoms with Crippen LogP contribution >= 0.6 is 0 Å². The van der Waals surface area contributed by atoms with Crippen molar-refractivity contribution in [2.45, 2.75) is 19.3 Å². The number of carbonyl (C=O) groups excluding carboxylic acids is 1. The van der Waals surface area contributed by atoms with Crippen LogP contribution in [0, 0.1) is 0 Å². The fourth-order valence-corrected chi connectivity index (χ4v) is 1.00. The van der Waals surface area contributed by atoms with E-state index in [0.29, 0.717) is 6.61 Å². The van der Waals surface area contributed by atoms with Crippen LogP contribution in [0.3, 0.4) is 0 Å². The van der Waals surface area contributed by atoms with E-state index in [-0.39, 0.29) is 11.6 Å². The molecule has 0 fully saturated rings. The number of nitrogens with one attached hydrogen (secondary N) is 1. The van der Waals surface area contributed by atoms with Gasteiger partial charge in [-0.2, -0.15) is 8.78 Å². The summed E-state index contributed by atoms with van der Waals surface area (Å²) in [5.74, 6) is -6.59. The van der Waals surface area contributed by atoms with Gasteiger partial charge in [0.2, 0.25) is 5.88 Å². The summed E-state index contributed by atoms with van der Waals surface area (Å²) in [6, 6.07) is 2.54. The first kappa shape index (κ1) is 14.2. The standard InChI is InChI=1S/C10H10F4N2O2/c1-2-18-7-4-3-6(5-15-7)16-9(17)10(13,14)8(11)12/h3-5,8H,2H2,1H3,(H,16,17). The van der Waals surface area contributed by atoms with E-state index in [9.17, 15) is 22.4 Å². The Balaban J connectivity index is 2.70. The first-order valence-corrected chi connectivity index (χ1v) is 4.94. The second-order valence-electron chi connectivity index (χ2n) is 3.20. The fourth-order valence-electron chi connectivity index (χ4n) is 1.00. The van der Waals surface area contributed by atoms with Crippen molar-refractivity contribution in [3.63, 3.8) is 0 Å². The Morgan fingerprint density at radius 2 is 2.17 bits per heavy atom. The Labute approximate surface area is 100.0 Å². The monoisotopic (exact) mass is 266 g/mol. The molecule has 0 spiro atoms. The zero-order valence-electron chi connectivity index (χ0n) is 9.29. The topological polar surface area (TPSA) is 51.2 Å². The van der Waals surface area contributed by atoms with Gasteiger partial charge in [-0.05, 0) is 13.0 Å². The third-order valence-corrected chi connectivity index (χ3v) is 1.86. The molecular weight excluding hydrogens is 256 g/mol. The average Bonchev–Trinajstić information content (AvgIpc) is 2.31. The van der Waals surface area contributed by atoms with Crippen molar-refractivity contribution in [1.82, 2.24) is 4.98 Å². The van der Waals surface area contributed by atoms with Gasteiger partial charge >= 0.3 is 18.3 Å². The van der Waals surface area contributed by atoms with Crippen LogP contribution < -0.4 is 10.1 Å². The van der Waals surface area contributed by atoms with Crippen molar-refractivity contribution in [3.8, 4) is 5.88 Å². The number of amides is 1. The number of rotatable bonds is 5. The maximum atomic E-state index is 12.6. The van der Waals surface area contributed by atoms with Gasteiger partial charge in [-0.1, -0.05) is 0 Å². The summed E-state index contributed by atoms with van der Waals surface area (Å²) >= 11 is 0. The molecule has 0 bridgehead atoms. The normalized spacial score (nSPS) is 11.4. The van der Waals surface area contributed by atoms with Gasteiger partial charge in [0.1, 0.15) is 0 Å². The third kappa shape index (κ3) is 3.31. The van der Waals surface area contributed by atoms with Crippen LogP contribution in [-0.2, 0) is 4.79 Å². The number of halogens is 4. The molecule has 8 heteroatoms. The third-order valence-electron chi connectivity index (χ3n) is 1.86. The molecule has 1 heterocycles. The molecule has 0 aliphatic rings. The SMILES string of the molecule is CCOc1ccc(NC(=O)C(F)(F)C(F)F)cn1. The van der Waals surface area contributed by atoms with Crippen LogP contribution in [0.5, 0.6) is 5.88 Å². The molecule has 0 aliphatic carbocycles. The van der Waals surface area contributed by atoms with E-state index in [2.05, 4.69) is 4.98 Å². The van der Waals surface area contributed by atoms with Crippen LogP contribution in [0.25, 0.3) is 0 Å². The second kappa shape index (κ2) is 5.65. The Kier molecular flexibility index (Phi) is 4.46. The molecule has 0 saturated carbocycles. The van der Waals surface area contributed by atoms with Gasteiger partial charge < -0.3 is 10.1 Å². The maximum absolute atomic E-state index is 12.6. The first-order chi connectivity index (χ1) is 8.37. The van der Waals surface area contributed by atoms with E-state index < -0.39 is 18.3 Å². The van der Waals surface area contributed by atoms with Crippen molar-refractivity contribution in [2.75, 3.05) is 11.9 Å². The lowest BCUT2D eigenvalue weighted by molar-refractivity contribution is -0.163. The number of pyridine rings is 1. The summed E-state index contributed by atoms with van der Waals surface area (Å²) < 4.78 is 54.0. The molecule has 1 rings (SSSR count). The quantitative estimate of drug-likeness (QED) is 0.832. The Morgan fingerprint density at radius 1 is 1.50 bits per heavy atom. The fraction of sp³-hybridized carbons (Fsp3) is 0.400. The van der Waals surface area contributed by atoms with Gasteiger partial charge in [0.25, 0.3) is 0 Å². The number of alkyl halides is 4. The van der Waals surface area contributed by atoms with Crippen molar-refractivity contribution < 1.29 is 27.1 Å². The molecule has 0 radical (unpaired) electrons. The number of hydrogen-bond acceptors (Lipinski definition) is 3. The smallest absolute Gasteiger partial charge is 0.383 e. The minimum atomic E-state index is -4.74. The van der Waals surface area contributed by atoms with Crippen molar-refractivity contribution in [2.24, 2.45) is 0 Å². The molecule has 4 nitrogen and oxygen atoms in total. The van der Waals surface area contributed by atoms with Crippen molar-refractivity contribution in [1.29, 1.82) is 0 Å². The molecule has 0 atom stereocenters. The number of nitrogens with zero attached hydrogens (tertiary/aromatic N) is 1. The lowest BCUT2D eigenvalue weighted by Crippen LogP contribution is -2.40. The summed E-state index contributed by atoms with van der Waals surface area (Å²) in [5, 5.41) is 1.65. The van der Waals surface area contributed by atoms with Crippen LogP contribution in [-0.4, -0.2) is 29.8 Å². The molecule has 1 aromatic rings. The van der Waals surface area contributed by atoms with E-state index in [1.807, 2.05) is 0 Å². The lowest BCUT2D eigenvalue weighted by atomic mass is 10.3. The van der Waals surface area contributed by atoms with Gasteiger partial charge in [0, 0.05) is 6.07 Å². The highest BCUT2D eigenvalue weighted by Crippen LogP contribution is 2.24. The van der Waals surface area contributed by atoms with Crippen molar-refractivity contribution >= 4 is 11.6 Å². The predicted molar refractivity (Wildman–Crippen MR) is 55.0 cm³/mol. The summed E-state index contributed by atoms with van der Waals surface area (Å²) in [6.45, 7) is 2.09. The molecule has 0 unspecified atom stereocenters.